The summed E-state index contributed by atoms with van der Waals surface area (Å²) in [6.07, 6.45) is 2.95. The zero-order valence-electron chi connectivity index (χ0n) is 11.6. The van der Waals surface area contributed by atoms with Gasteiger partial charge in [0.25, 0.3) is 0 Å². The Labute approximate surface area is 114 Å². The first-order valence-electron chi connectivity index (χ1n) is 6.92. The molecule has 2 rings (SSSR count). The maximum absolute atomic E-state index is 14.2. The maximum Gasteiger partial charge on any atom is 0.168 e. The lowest BCUT2D eigenvalue weighted by Crippen LogP contribution is -2.41. The number of methoxy groups -OCH3 is 1. The van der Waals surface area contributed by atoms with Crippen molar-refractivity contribution in [3.8, 4) is 5.75 Å². The molecule has 0 saturated carbocycles. The second kappa shape index (κ2) is 6.87. The Morgan fingerprint density at radius 3 is 3.00 bits per heavy atom. The number of nitrogens with one attached hydrogen (secondary N) is 1. The lowest BCUT2D eigenvalue weighted by atomic mass is 9.98. The largest absolute Gasteiger partial charge is 0.494 e. The van der Waals surface area contributed by atoms with Gasteiger partial charge in [-0.25, -0.2) is 4.39 Å². The Hall–Kier alpha value is -1.13. The third-order valence-corrected chi connectivity index (χ3v) is 3.58. The number of hydrogen-bond acceptors (Lipinski definition) is 3. The first kappa shape index (κ1) is 14.3. The molecule has 1 heterocycles. The van der Waals surface area contributed by atoms with Crippen LogP contribution in [-0.4, -0.2) is 32.4 Å². The summed E-state index contributed by atoms with van der Waals surface area (Å²) in [5.74, 6) is 0.0472. The van der Waals surface area contributed by atoms with E-state index in [0.29, 0.717) is 17.7 Å². The highest BCUT2D eigenvalue weighted by Gasteiger charge is 2.26. The van der Waals surface area contributed by atoms with Crippen molar-refractivity contribution in [2.75, 3.05) is 20.3 Å². The van der Waals surface area contributed by atoms with Crippen LogP contribution in [0.25, 0.3) is 0 Å². The summed E-state index contributed by atoms with van der Waals surface area (Å²) in [4.78, 5) is 0. The van der Waals surface area contributed by atoms with Gasteiger partial charge in [0.1, 0.15) is 0 Å². The fraction of sp³-hybridized carbons (Fsp3) is 0.600. The van der Waals surface area contributed by atoms with E-state index in [-0.39, 0.29) is 18.0 Å². The fourth-order valence-electron chi connectivity index (χ4n) is 2.63. The highest BCUT2D eigenvalue weighted by Crippen LogP contribution is 2.24. The number of ether oxygens (including phenoxy) is 2. The van der Waals surface area contributed by atoms with E-state index < -0.39 is 0 Å². The van der Waals surface area contributed by atoms with Crippen molar-refractivity contribution in [1.82, 2.24) is 5.32 Å². The molecule has 1 aliphatic rings. The quantitative estimate of drug-likeness (QED) is 0.859. The summed E-state index contributed by atoms with van der Waals surface area (Å²) in [5.41, 5.74) is 0.681. The number of halogens is 1. The minimum Gasteiger partial charge on any atom is -0.494 e. The van der Waals surface area contributed by atoms with E-state index in [1.165, 1.54) is 7.11 Å². The van der Waals surface area contributed by atoms with E-state index in [9.17, 15) is 4.39 Å². The van der Waals surface area contributed by atoms with Gasteiger partial charge in [0.05, 0.1) is 13.2 Å². The van der Waals surface area contributed by atoms with Gasteiger partial charge in [0.2, 0.25) is 0 Å². The minimum absolute atomic E-state index is 0.161. The first-order valence-corrected chi connectivity index (χ1v) is 6.92. The molecule has 1 aromatic rings. The molecule has 1 aromatic carbocycles. The van der Waals surface area contributed by atoms with E-state index in [1.54, 1.807) is 6.07 Å². The van der Waals surface area contributed by atoms with Crippen LogP contribution in [0.3, 0.4) is 0 Å². The monoisotopic (exact) mass is 267 g/mol. The molecule has 1 saturated heterocycles. The lowest BCUT2D eigenvalue weighted by Gasteiger charge is -2.24. The summed E-state index contributed by atoms with van der Waals surface area (Å²) >= 11 is 0. The Kier molecular flexibility index (Phi) is 5.16. The zero-order chi connectivity index (χ0) is 13.7. The Bertz CT molecular complexity index is 405. The Balaban J connectivity index is 2.11. The first-order chi connectivity index (χ1) is 9.26. The highest BCUT2D eigenvalue weighted by molar-refractivity contribution is 5.31. The van der Waals surface area contributed by atoms with Crippen LogP contribution in [0, 0.1) is 5.82 Å². The molecule has 106 valence electrons. The van der Waals surface area contributed by atoms with Crippen molar-refractivity contribution in [2.45, 2.75) is 38.3 Å². The van der Waals surface area contributed by atoms with Crippen LogP contribution in [0.15, 0.2) is 18.2 Å². The second-order valence-electron chi connectivity index (χ2n) is 4.85. The molecule has 0 radical (unpaired) electrons. The Morgan fingerprint density at radius 1 is 1.53 bits per heavy atom. The second-order valence-corrected chi connectivity index (χ2v) is 4.85. The highest BCUT2D eigenvalue weighted by atomic mass is 19.1. The molecule has 1 N–H and O–H groups in total. The summed E-state index contributed by atoms with van der Waals surface area (Å²) < 4.78 is 24.9. The molecule has 4 heteroatoms. The van der Waals surface area contributed by atoms with Gasteiger partial charge in [-0.15, -0.1) is 0 Å². The zero-order valence-corrected chi connectivity index (χ0v) is 11.6. The van der Waals surface area contributed by atoms with Crippen LogP contribution >= 0.6 is 0 Å². The van der Waals surface area contributed by atoms with E-state index in [2.05, 4.69) is 12.2 Å². The van der Waals surface area contributed by atoms with Crippen LogP contribution in [-0.2, 0) is 11.2 Å². The summed E-state index contributed by atoms with van der Waals surface area (Å²) in [6, 6.07) is 5.45. The minimum atomic E-state index is -0.258. The van der Waals surface area contributed by atoms with Gasteiger partial charge in [-0.2, -0.15) is 0 Å². The Morgan fingerprint density at radius 2 is 2.37 bits per heavy atom. The maximum atomic E-state index is 14.2. The average molecular weight is 267 g/mol. The molecule has 3 nitrogen and oxygen atoms in total. The molecule has 0 aromatic heterocycles. The number of rotatable bonds is 6. The molecule has 0 amide bonds. The van der Waals surface area contributed by atoms with E-state index in [0.717, 1.165) is 26.0 Å². The van der Waals surface area contributed by atoms with Gasteiger partial charge in [0, 0.05) is 12.6 Å². The van der Waals surface area contributed by atoms with Crippen LogP contribution in [0.1, 0.15) is 25.3 Å². The molecule has 2 atom stereocenters. The SMILES string of the molecule is CCNC(Cc1cccc(OC)c1F)C1CCCO1. The summed E-state index contributed by atoms with van der Waals surface area (Å²) in [6.45, 7) is 3.73. The molecular formula is C15H22FNO2. The molecule has 1 fully saturated rings. The standard InChI is InChI=1S/C15H22FNO2/c1-3-17-12(13-8-5-9-19-13)10-11-6-4-7-14(18-2)15(11)16/h4,6-7,12-13,17H,3,5,8-10H2,1-2H3. The molecule has 0 bridgehead atoms. The van der Waals surface area contributed by atoms with Gasteiger partial charge in [0.15, 0.2) is 11.6 Å². The van der Waals surface area contributed by atoms with Crippen molar-refractivity contribution in [2.24, 2.45) is 0 Å². The van der Waals surface area contributed by atoms with Crippen LogP contribution < -0.4 is 10.1 Å². The van der Waals surface area contributed by atoms with Gasteiger partial charge >= 0.3 is 0 Å². The topological polar surface area (TPSA) is 30.5 Å². The molecular weight excluding hydrogens is 245 g/mol. The molecule has 19 heavy (non-hydrogen) atoms. The van der Waals surface area contributed by atoms with Gasteiger partial charge in [-0.1, -0.05) is 19.1 Å². The van der Waals surface area contributed by atoms with Gasteiger partial charge in [-0.3, -0.25) is 0 Å². The fourth-order valence-corrected chi connectivity index (χ4v) is 2.63. The molecule has 0 spiro atoms. The van der Waals surface area contributed by atoms with Crippen LogP contribution in [0.5, 0.6) is 5.75 Å². The predicted octanol–water partition coefficient (Wildman–Crippen LogP) is 2.53. The third-order valence-electron chi connectivity index (χ3n) is 3.58. The van der Waals surface area contributed by atoms with Crippen molar-refractivity contribution >= 4 is 0 Å². The predicted molar refractivity (Wildman–Crippen MR) is 73.1 cm³/mol. The molecule has 2 unspecified atom stereocenters. The molecule has 1 aliphatic heterocycles. The number of benzene rings is 1. The van der Waals surface area contributed by atoms with E-state index in [1.807, 2.05) is 12.1 Å². The average Bonchev–Trinajstić information content (AvgIpc) is 2.94. The van der Waals surface area contributed by atoms with Crippen molar-refractivity contribution < 1.29 is 13.9 Å². The number of likely N-dealkylation sites (N-methyl/N-ethyl adjacent to an activating group) is 1. The molecule has 0 aliphatic carbocycles. The number of hydrogen-bond donors (Lipinski definition) is 1. The van der Waals surface area contributed by atoms with Crippen molar-refractivity contribution in [3.63, 3.8) is 0 Å². The van der Waals surface area contributed by atoms with Crippen molar-refractivity contribution in [3.05, 3.63) is 29.6 Å². The lowest BCUT2D eigenvalue weighted by molar-refractivity contribution is 0.0786. The van der Waals surface area contributed by atoms with E-state index in [4.69, 9.17) is 9.47 Å². The smallest absolute Gasteiger partial charge is 0.168 e. The van der Waals surface area contributed by atoms with Crippen molar-refractivity contribution in [1.29, 1.82) is 0 Å². The third kappa shape index (κ3) is 3.45. The summed E-state index contributed by atoms with van der Waals surface area (Å²) in [7, 11) is 1.49. The van der Waals surface area contributed by atoms with Crippen LogP contribution in [0.4, 0.5) is 4.39 Å². The van der Waals surface area contributed by atoms with Gasteiger partial charge < -0.3 is 14.8 Å². The normalized spacial score (nSPS) is 20.5. The van der Waals surface area contributed by atoms with Gasteiger partial charge in [-0.05, 0) is 37.4 Å². The van der Waals surface area contributed by atoms with E-state index >= 15 is 0 Å². The summed E-state index contributed by atoms with van der Waals surface area (Å²) in [5, 5.41) is 3.41. The van der Waals surface area contributed by atoms with Crippen LogP contribution in [0.2, 0.25) is 0 Å².